The molecule has 1 aliphatic rings. The molecule has 1 atom stereocenters. The second kappa shape index (κ2) is 6.71. The molecule has 0 N–H and O–H groups in total. The third-order valence-corrected chi connectivity index (χ3v) is 2.31. The minimum Gasteiger partial charge on any atom is -0.0882 e. The van der Waals surface area contributed by atoms with Crippen LogP contribution in [-0.2, 0) is 0 Å². The Labute approximate surface area is 82.0 Å². The van der Waals surface area contributed by atoms with Crippen molar-refractivity contribution in [1.82, 2.24) is 0 Å². The summed E-state index contributed by atoms with van der Waals surface area (Å²) in [6, 6.07) is 0. The van der Waals surface area contributed by atoms with Gasteiger partial charge in [-0.25, -0.2) is 0 Å². The van der Waals surface area contributed by atoms with Gasteiger partial charge in [0.15, 0.2) is 0 Å². The number of hydrogen-bond acceptors (Lipinski definition) is 0. The highest BCUT2D eigenvalue weighted by molar-refractivity contribution is 4.96. The molecule has 0 spiro atoms. The van der Waals surface area contributed by atoms with Gasteiger partial charge in [0.25, 0.3) is 0 Å². The lowest BCUT2D eigenvalue weighted by Crippen LogP contribution is -1.86. The van der Waals surface area contributed by atoms with Gasteiger partial charge in [-0.05, 0) is 38.0 Å². The smallest absolute Gasteiger partial charge is 0.0227 e. The Kier molecular flexibility index (Phi) is 5.31. The van der Waals surface area contributed by atoms with Crippen LogP contribution in [0.3, 0.4) is 0 Å². The molecule has 0 aromatic carbocycles. The molecular formula is C13H20. The van der Waals surface area contributed by atoms with Crippen molar-refractivity contribution in [2.24, 2.45) is 5.92 Å². The lowest BCUT2D eigenvalue weighted by molar-refractivity contribution is 0.736. The number of rotatable bonds is 0. The van der Waals surface area contributed by atoms with Gasteiger partial charge in [0.2, 0.25) is 0 Å². The molecule has 0 aromatic rings. The van der Waals surface area contributed by atoms with Gasteiger partial charge in [-0.1, -0.05) is 43.4 Å². The average Bonchev–Trinajstić information content (AvgIpc) is 2.11. The van der Waals surface area contributed by atoms with E-state index in [0.717, 1.165) is 0 Å². The molecular weight excluding hydrogens is 156 g/mol. The fourth-order valence-electron chi connectivity index (χ4n) is 1.46. The van der Waals surface area contributed by atoms with Crippen LogP contribution in [0.4, 0.5) is 0 Å². The van der Waals surface area contributed by atoms with Crippen LogP contribution in [0.2, 0.25) is 0 Å². The first-order valence-electron chi connectivity index (χ1n) is 5.36. The molecule has 72 valence electrons. The lowest BCUT2D eigenvalue weighted by Gasteiger charge is -2.01. The summed E-state index contributed by atoms with van der Waals surface area (Å²) in [5.41, 5.74) is 0. The summed E-state index contributed by atoms with van der Waals surface area (Å²) >= 11 is 0. The van der Waals surface area contributed by atoms with Crippen molar-refractivity contribution < 1.29 is 0 Å². The first-order valence-corrected chi connectivity index (χ1v) is 5.36. The summed E-state index contributed by atoms with van der Waals surface area (Å²) < 4.78 is 0. The summed E-state index contributed by atoms with van der Waals surface area (Å²) in [5, 5.41) is 0. The van der Waals surface area contributed by atoms with Crippen molar-refractivity contribution in [3.63, 3.8) is 0 Å². The van der Waals surface area contributed by atoms with Crippen molar-refractivity contribution in [2.45, 2.75) is 39.0 Å². The summed E-state index contributed by atoms with van der Waals surface area (Å²) in [5.74, 6) is 0.708. The van der Waals surface area contributed by atoms with Crippen LogP contribution in [0, 0.1) is 5.92 Å². The third kappa shape index (κ3) is 5.46. The van der Waals surface area contributed by atoms with Gasteiger partial charge < -0.3 is 0 Å². The molecule has 0 heterocycles. The summed E-state index contributed by atoms with van der Waals surface area (Å²) in [6.45, 7) is 2.28. The van der Waals surface area contributed by atoms with Crippen LogP contribution in [0.5, 0.6) is 0 Å². The molecule has 0 aliphatic heterocycles. The van der Waals surface area contributed by atoms with E-state index in [2.05, 4.69) is 43.4 Å². The highest BCUT2D eigenvalue weighted by Gasteiger charge is 1.92. The molecule has 0 bridgehead atoms. The minimum absolute atomic E-state index is 0.708. The van der Waals surface area contributed by atoms with Crippen LogP contribution < -0.4 is 0 Å². The third-order valence-electron chi connectivity index (χ3n) is 2.31. The minimum atomic E-state index is 0.708. The van der Waals surface area contributed by atoms with Gasteiger partial charge in [0.1, 0.15) is 0 Å². The molecule has 0 radical (unpaired) electrons. The van der Waals surface area contributed by atoms with Crippen LogP contribution in [-0.4, -0.2) is 0 Å². The Balaban J connectivity index is 2.41. The maximum absolute atomic E-state index is 2.33. The van der Waals surface area contributed by atoms with E-state index in [1.807, 2.05) is 0 Å². The van der Waals surface area contributed by atoms with E-state index < -0.39 is 0 Å². The fourth-order valence-corrected chi connectivity index (χ4v) is 1.46. The second-order valence-electron chi connectivity index (χ2n) is 3.74. The largest absolute Gasteiger partial charge is 0.0882 e. The zero-order valence-corrected chi connectivity index (χ0v) is 8.58. The monoisotopic (exact) mass is 176 g/mol. The summed E-state index contributed by atoms with van der Waals surface area (Å²) in [6.07, 6.45) is 19.8. The van der Waals surface area contributed by atoms with Crippen LogP contribution >= 0.6 is 0 Å². The van der Waals surface area contributed by atoms with Crippen molar-refractivity contribution in [2.75, 3.05) is 0 Å². The van der Waals surface area contributed by atoms with Gasteiger partial charge in [0, 0.05) is 0 Å². The SMILES string of the molecule is CC1/C=C/CC/C=C/CC/C=C\C1. The van der Waals surface area contributed by atoms with E-state index in [4.69, 9.17) is 0 Å². The van der Waals surface area contributed by atoms with Crippen molar-refractivity contribution >= 4 is 0 Å². The van der Waals surface area contributed by atoms with Crippen LogP contribution in [0.15, 0.2) is 36.5 Å². The maximum atomic E-state index is 2.33. The number of allylic oxidation sites excluding steroid dienone is 6. The van der Waals surface area contributed by atoms with Crippen LogP contribution in [0.1, 0.15) is 39.0 Å². The van der Waals surface area contributed by atoms with Crippen molar-refractivity contribution in [3.8, 4) is 0 Å². The van der Waals surface area contributed by atoms with Crippen LogP contribution in [0.25, 0.3) is 0 Å². The molecule has 0 heteroatoms. The Bertz CT molecular complexity index is 196. The average molecular weight is 176 g/mol. The van der Waals surface area contributed by atoms with E-state index in [9.17, 15) is 0 Å². The maximum Gasteiger partial charge on any atom is -0.0227 e. The van der Waals surface area contributed by atoms with E-state index in [-0.39, 0.29) is 0 Å². The Morgan fingerprint density at radius 3 is 2.00 bits per heavy atom. The predicted molar refractivity (Wildman–Crippen MR) is 59.7 cm³/mol. The van der Waals surface area contributed by atoms with Gasteiger partial charge in [-0.15, -0.1) is 0 Å². The zero-order valence-electron chi connectivity index (χ0n) is 8.58. The molecule has 1 rings (SSSR count). The molecule has 13 heavy (non-hydrogen) atoms. The van der Waals surface area contributed by atoms with Crippen molar-refractivity contribution in [1.29, 1.82) is 0 Å². The molecule has 0 amide bonds. The highest BCUT2D eigenvalue weighted by atomic mass is 14.0. The standard InChI is InChI=1S/C13H20/c1-13-11-9-7-5-3-2-4-6-8-10-12-13/h2-3,8-11,13H,4-7,12H2,1H3/b3-2+,10-8-,11-9+. The van der Waals surface area contributed by atoms with E-state index in [1.165, 1.54) is 32.1 Å². The summed E-state index contributed by atoms with van der Waals surface area (Å²) in [4.78, 5) is 0. The lowest BCUT2D eigenvalue weighted by atomic mass is 10.1. The van der Waals surface area contributed by atoms with Gasteiger partial charge in [-0.2, -0.15) is 0 Å². The molecule has 1 aliphatic carbocycles. The molecule has 0 fully saturated rings. The molecule has 1 unspecified atom stereocenters. The Hall–Kier alpha value is -0.780. The highest BCUT2D eigenvalue weighted by Crippen LogP contribution is 2.08. The van der Waals surface area contributed by atoms with E-state index >= 15 is 0 Å². The first kappa shape index (κ1) is 10.3. The number of hydrogen-bond donors (Lipinski definition) is 0. The predicted octanol–water partition coefficient (Wildman–Crippen LogP) is 4.26. The van der Waals surface area contributed by atoms with E-state index in [1.54, 1.807) is 0 Å². The molecule has 0 aromatic heterocycles. The van der Waals surface area contributed by atoms with E-state index in [0.29, 0.717) is 5.92 Å². The molecule has 0 saturated heterocycles. The molecule has 0 nitrogen and oxygen atoms in total. The normalized spacial score (nSPS) is 32.5. The van der Waals surface area contributed by atoms with Gasteiger partial charge >= 0.3 is 0 Å². The fraction of sp³-hybridized carbons (Fsp3) is 0.538. The van der Waals surface area contributed by atoms with Crippen molar-refractivity contribution in [3.05, 3.63) is 36.5 Å². The Morgan fingerprint density at radius 2 is 1.31 bits per heavy atom. The van der Waals surface area contributed by atoms with Gasteiger partial charge in [0.05, 0.1) is 0 Å². The zero-order chi connectivity index (χ0) is 9.36. The first-order chi connectivity index (χ1) is 6.39. The van der Waals surface area contributed by atoms with Gasteiger partial charge in [-0.3, -0.25) is 0 Å². The topological polar surface area (TPSA) is 0 Å². The quantitative estimate of drug-likeness (QED) is 0.484. The second-order valence-corrected chi connectivity index (χ2v) is 3.74. The Morgan fingerprint density at radius 1 is 0.769 bits per heavy atom. The summed E-state index contributed by atoms with van der Waals surface area (Å²) in [7, 11) is 0. The molecule has 0 saturated carbocycles.